The molecule has 1 heterocycles. The van der Waals surface area contributed by atoms with Gasteiger partial charge in [-0.05, 0) is 31.0 Å². The Balaban J connectivity index is 2.37. The van der Waals surface area contributed by atoms with E-state index in [4.69, 9.17) is 4.74 Å². The molecule has 0 aliphatic carbocycles. The van der Waals surface area contributed by atoms with Crippen LogP contribution in [0.25, 0.3) is 0 Å². The number of benzene rings is 1. The number of likely N-dealkylation sites (N-methyl/N-ethyl adjacent to an activating group) is 1. The molecule has 0 aromatic heterocycles. The molecule has 0 bridgehead atoms. The van der Waals surface area contributed by atoms with Crippen molar-refractivity contribution >= 4 is 15.7 Å². The third-order valence-electron chi connectivity index (χ3n) is 4.03. The molecule has 1 fully saturated rings. The Morgan fingerprint density at radius 2 is 2.00 bits per heavy atom. The molecule has 0 amide bonds. The number of nitrogens with zero attached hydrogens (tertiary/aromatic N) is 2. The maximum absolute atomic E-state index is 13.7. The zero-order chi connectivity index (χ0) is 17.0. The minimum Gasteiger partial charge on any atom is -0.383 e. The van der Waals surface area contributed by atoms with Crippen LogP contribution in [0.15, 0.2) is 35.2 Å². The third kappa shape index (κ3) is 4.10. The highest BCUT2D eigenvalue weighted by atomic mass is 32.2. The molecule has 0 radical (unpaired) electrons. The van der Waals surface area contributed by atoms with Gasteiger partial charge < -0.3 is 9.64 Å². The first-order chi connectivity index (χ1) is 10.9. The highest BCUT2D eigenvalue weighted by Crippen LogP contribution is 2.31. The van der Waals surface area contributed by atoms with E-state index in [-0.39, 0.29) is 18.0 Å². The van der Waals surface area contributed by atoms with Crippen molar-refractivity contribution in [3.05, 3.63) is 36.2 Å². The summed E-state index contributed by atoms with van der Waals surface area (Å²) in [5.41, 5.74) is 1.70. The minimum atomic E-state index is -3.78. The molecule has 0 spiro atoms. The Kier molecular flexibility index (Phi) is 5.78. The molecule has 0 unspecified atom stereocenters. The molecule has 0 atom stereocenters. The lowest BCUT2D eigenvalue weighted by atomic mass is 10.1. The average molecular weight is 342 g/mol. The van der Waals surface area contributed by atoms with Crippen LogP contribution in [-0.2, 0) is 14.8 Å². The second-order valence-electron chi connectivity index (χ2n) is 5.67. The second-order valence-corrected chi connectivity index (χ2v) is 7.68. The number of anilines is 1. The Hall–Kier alpha value is -1.44. The maximum atomic E-state index is 13.7. The molecule has 1 aromatic rings. The Morgan fingerprint density at radius 3 is 2.61 bits per heavy atom. The molecular formula is C16H23FN2O3S. The molecule has 7 heteroatoms. The summed E-state index contributed by atoms with van der Waals surface area (Å²) in [6.07, 6.45) is 1.63. The van der Waals surface area contributed by atoms with Crippen molar-refractivity contribution in [3.63, 3.8) is 0 Å². The van der Waals surface area contributed by atoms with Gasteiger partial charge in [-0.2, -0.15) is 4.31 Å². The van der Waals surface area contributed by atoms with E-state index in [1.807, 2.05) is 4.90 Å². The predicted octanol–water partition coefficient (Wildman–Crippen LogP) is 2.25. The van der Waals surface area contributed by atoms with E-state index in [0.29, 0.717) is 18.8 Å². The number of piperidine rings is 1. The topological polar surface area (TPSA) is 49.9 Å². The zero-order valence-electron chi connectivity index (χ0n) is 13.6. The first-order valence-corrected chi connectivity index (χ1v) is 8.96. The van der Waals surface area contributed by atoms with Gasteiger partial charge in [0.1, 0.15) is 10.7 Å². The predicted molar refractivity (Wildman–Crippen MR) is 88.7 cm³/mol. The molecule has 0 saturated carbocycles. The van der Waals surface area contributed by atoms with E-state index >= 15 is 0 Å². The molecule has 1 aromatic carbocycles. The van der Waals surface area contributed by atoms with Gasteiger partial charge >= 0.3 is 0 Å². The van der Waals surface area contributed by atoms with Crippen LogP contribution in [0.1, 0.15) is 12.8 Å². The first-order valence-electron chi connectivity index (χ1n) is 7.52. The van der Waals surface area contributed by atoms with Crippen LogP contribution >= 0.6 is 0 Å². The lowest BCUT2D eigenvalue weighted by molar-refractivity contribution is 0.185. The molecule has 23 heavy (non-hydrogen) atoms. The van der Waals surface area contributed by atoms with Crippen molar-refractivity contribution in [1.82, 2.24) is 4.31 Å². The van der Waals surface area contributed by atoms with Gasteiger partial charge in [0.05, 0.1) is 12.3 Å². The maximum Gasteiger partial charge on any atom is 0.245 e. The van der Waals surface area contributed by atoms with E-state index in [0.717, 1.165) is 24.5 Å². The van der Waals surface area contributed by atoms with E-state index in [1.165, 1.54) is 24.5 Å². The monoisotopic (exact) mass is 342 g/mol. The fourth-order valence-corrected chi connectivity index (χ4v) is 3.90. The summed E-state index contributed by atoms with van der Waals surface area (Å²) in [7, 11) is -0.796. The molecule has 1 saturated heterocycles. The number of rotatable bonds is 6. The van der Waals surface area contributed by atoms with Crippen LogP contribution in [0.3, 0.4) is 0 Å². The van der Waals surface area contributed by atoms with E-state index in [9.17, 15) is 12.8 Å². The average Bonchev–Trinajstić information content (AvgIpc) is 2.53. The molecule has 128 valence electrons. The summed E-state index contributed by atoms with van der Waals surface area (Å²) >= 11 is 0. The molecule has 0 N–H and O–H groups in total. The number of ether oxygens (including phenoxy) is 1. The van der Waals surface area contributed by atoms with E-state index in [1.54, 1.807) is 6.07 Å². The number of hydrogen-bond acceptors (Lipinski definition) is 4. The van der Waals surface area contributed by atoms with Gasteiger partial charge in [-0.15, -0.1) is 0 Å². The van der Waals surface area contributed by atoms with Crippen molar-refractivity contribution in [1.29, 1.82) is 0 Å². The summed E-state index contributed by atoms with van der Waals surface area (Å²) < 4.78 is 45.4. The van der Waals surface area contributed by atoms with Gasteiger partial charge in [-0.1, -0.05) is 12.2 Å². The number of halogens is 1. The van der Waals surface area contributed by atoms with Crippen LogP contribution in [0.2, 0.25) is 0 Å². The number of sulfonamides is 1. The highest BCUT2D eigenvalue weighted by Gasteiger charge is 2.27. The van der Waals surface area contributed by atoms with Gasteiger partial charge in [-0.3, -0.25) is 0 Å². The van der Waals surface area contributed by atoms with Gasteiger partial charge in [-0.25, -0.2) is 12.8 Å². The highest BCUT2D eigenvalue weighted by molar-refractivity contribution is 7.89. The third-order valence-corrected chi connectivity index (χ3v) is 5.92. The fraction of sp³-hybridized carbons (Fsp3) is 0.500. The van der Waals surface area contributed by atoms with Gasteiger partial charge in [0, 0.05) is 33.8 Å². The number of methoxy groups -OCH3 is 1. The lowest BCUT2D eigenvalue weighted by Gasteiger charge is -2.32. The summed E-state index contributed by atoms with van der Waals surface area (Å²) in [5.74, 6) is -0.561. The second kappa shape index (κ2) is 7.42. The quantitative estimate of drug-likeness (QED) is 0.744. The lowest BCUT2D eigenvalue weighted by Crippen LogP contribution is -2.34. The van der Waals surface area contributed by atoms with E-state index < -0.39 is 15.8 Å². The normalized spacial score (nSPS) is 16.2. The SMILES string of the molecule is C=C1CCN(c2ccc(F)cc2S(=O)(=O)N(C)CCOC)CC1. The standard InChI is InChI=1S/C16H23FN2O3S/c1-13-6-8-19(9-7-13)15-5-4-14(17)12-16(15)23(20,21)18(2)10-11-22-3/h4-5,12H,1,6-11H2,2-3H3. The zero-order valence-corrected chi connectivity index (χ0v) is 14.4. The largest absolute Gasteiger partial charge is 0.383 e. The van der Waals surface area contributed by atoms with Crippen LogP contribution in [0.5, 0.6) is 0 Å². The van der Waals surface area contributed by atoms with Crippen molar-refractivity contribution in [2.75, 3.05) is 45.3 Å². The van der Waals surface area contributed by atoms with Crippen molar-refractivity contribution in [2.45, 2.75) is 17.7 Å². The minimum absolute atomic E-state index is 0.00335. The van der Waals surface area contributed by atoms with Crippen molar-refractivity contribution < 1.29 is 17.5 Å². The molecular weight excluding hydrogens is 319 g/mol. The Bertz CT molecular complexity index is 666. The van der Waals surface area contributed by atoms with Crippen LogP contribution < -0.4 is 4.90 Å². The number of hydrogen-bond donors (Lipinski definition) is 0. The summed E-state index contributed by atoms with van der Waals surface area (Å²) in [6, 6.07) is 3.94. The van der Waals surface area contributed by atoms with Gasteiger partial charge in [0.2, 0.25) is 10.0 Å². The Labute approximate surface area is 137 Å². The molecule has 1 aliphatic heterocycles. The van der Waals surface area contributed by atoms with Gasteiger partial charge in [0.15, 0.2) is 0 Å². The summed E-state index contributed by atoms with van der Waals surface area (Å²) in [5, 5.41) is 0. The first kappa shape index (κ1) is 17.9. The van der Waals surface area contributed by atoms with Gasteiger partial charge in [0.25, 0.3) is 0 Å². The van der Waals surface area contributed by atoms with Crippen LogP contribution in [0.4, 0.5) is 10.1 Å². The molecule has 1 aliphatic rings. The molecule has 5 nitrogen and oxygen atoms in total. The van der Waals surface area contributed by atoms with Crippen LogP contribution in [0, 0.1) is 5.82 Å². The fourth-order valence-electron chi connectivity index (χ4n) is 2.53. The Morgan fingerprint density at radius 1 is 1.35 bits per heavy atom. The summed E-state index contributed by atoms with van der Waals surface area (Å²) in [6.45, 7) is 5.84. The van der Waals surface area contributed by atoms with Crippen molar-refractivity contribution in [3.8, 4) is 0 Å². The van der Waals surface area contributed by atoms with E-state index in [2.05, 4.69) is 6.58 Å². The van der Waals surface area contributed by atoms with Crippen LogP contribution in [-0.4, -0.2) is 53.1 Å². The van der Waals surface area contributed by atoms with Crippen molar-refractivity contribution in [2.24, 2.45) is 0 Å². The summed E-state index contributed by atoms with van der Waals surface area (Å²) in [4.78, 5) is 1.98. The molecule has 2 rings (SSSR count). The smallest absolute Gasteiger partial charge is 0.245 e.